The van der Waals surface area contributed by atoms with Gasteiger partial charge in [0.05, 0.1) is 16.9 Å². The summed E-state index contributed by atoms with van der Waals surface area (Å²) in [7, 11) is 0. The van der Waals surface area contributed by atoms with Crippen molar-refractivity contribution in [1.82, 2.24) is 25.1 Å². The molecule has 0 saturated carbocycles. The van der Waals surface area contributed by atoms with Crippen LogP contribution in [0, 0.1) is 0 Å². The van der Waals surface area contributed by atoms with Crippen LogP contribution in [0.1, 0.15) is 0 Å². The Morgan fingerprint density at radius 3 is 2.70 bits per heavy atom. The number of aromatic amines is 3. The van der Waals surface area contributed by atoms with Crippen LogP contribution in [0.4, 0.5) is 0 Å². The lowest BCUT2D eigenvalue weighted by Gasteiger charge is -1.97. The molecule has 6 rings (SSSR count). The number of benzene rings is 2. The lowest BCUT2D eigenvalue weighted by atomic mass is 10.2. The molecule has 0 fully saturated rings. The molecule has 6 heteroatoms. The number of H-pyrrole nitrogens is 3. The molecule has 0 atom stereocenters. The van der Waals surface area contributed by atoms with Crippen molar-refractivity contribution in [2.24, 2.45) is 0 Å². The number of aromatic nitrogens is 6. The second-order valence-electron chi connectivity index (χ2n) is 6.61. The molecule has 27 heavy (non-hydrogen) atoms. The number of hydrogen-bond acceptors (Lipinski definition) is 2. The minimum absolute atomic E-state index is 0.893. The zero-order chi connectivity index (χ0) is 17.8. The minimum Gasteiger partial charge on any atom is -0.353 e. The number of pyridine rings is 1. The fourth-order valence-electron chi connectivity index (χ4n) is 3.49. The molecule has 0 bridgehead atoms. The monoisotopic (exact) mass is 351 g/mol. The summed E-state index contributed by atoms with van der Waals surface area (Å²) in [5, 5.41) is 10.2. The Morgan fingerprint density at radius 2 is 1.74 bits per heavy atom. The van der Waals surface area contributed by atoms with E-state index in [-0.39, 0.29) is 0 Å². The molecule has 3 N–H and O–H groups in total. The molecular weight excluding hydrogens is 336 g/mol. The van der Waals surface area contributed by atoms with Crippen LogP contribution in [0.25, 0.3) is 50.0 Å². The molecule has 0 aliphatic carbocycles. The van der Waals surface area contributed by atoms with Gasteiger partial charge >= 0.3 is 0 Å². The summed E-state index contributed by atoms with van der Waals surface area (Å²) < 4.78 is 0. The standard InChI is InChI=1S/C21H14N6/c1-2-4-18-17(3-1)25-27(26-18)15-7-5-14-11-20(23-19(14)12-15)16-8-6-13-9-10-22-21(13)24-16/h1-12H,(H2,22,23,24,25,26)/p+1. The van der Waals surface area contributed by atoms with E-state index in [0.29, 0.717) is 0 Å². The summed E-state index contributed by atoms with van der Waals surface area (Å²) in [6.45, 7) is 0. The Labute approximate surface area is 153 Å². The minimum atomic E-state index is 0.893. The third-order valence-corrected chi connectivity index (χ3v) is 4.87. The highest BCUT2D eigenvalue weighted by Crippen LogP contribution is 2.25. The zero-order valence-electron chi connectivity index (χ0n) is 14.3. The van der Waals surface area contributed by atoms with Gasteiger partial charge in [-0.2, -0.15) is 0 Å². The summed E-state index contributed by atoms with van der Waals surface area (Å²) in [6.07, 6.45) is 1.91. The molecule has 0 spiro atoms. The smallest absolute Gasteiger partial charge is 0.267 e. The highest BCUT2D eigenvalue weighted by atomic mass is 15.5. The summed E-state index contributed by atoms with van der Waals surface area (Å²) in [4.78, 5) is 13.1. The van der Waals surface area contributed by atoms with Gasteiger partial charge in [-0.25, -0.2) is 4.98 Å². The first-order valence-corrected chi connectivity index (χ1v) is 8.78. The molecular formula is C21H15N6+. The molecule has 4 aromatic heterocycles. The first kappa shape index (κ1) is 14.3. The maximum atomic E-state index is 4.70. The molecule has 0 aliphatic rings. The van der Waals surface area contributed by atoms with Gasteiger partial charge in [-0.05, 0) is 42.5 Å². The second kappa shape index (κ2) is 5.28. The van der Waals surface area contributed by atoms with Gasteiger partial charge in [0.2, 0.25) is 0 Å². The molecule has 6 aromatic rings. The maximum absolute atomic E-state index is 4.70. The lowest BCUT2D eigenvalue weighted by Crippen LogP contribution is -2.35. The van der Waals surface area contributed by atoms with Crippen LogP contribution in [-0.4, -0.2) is 25.1 Å². The molecule has 0 saturated heterocycles. The van der Waals surface area contributed by atoms with Crippen molar-refractivity contribution >= 4 is 33.0 Å². The van der Waals surface area contributed by atoms with Crippen LogP contribution in [-0.2, 0) is 0 Å². The third-order valence-electron chi connectivity index (χ3n) is 4.87. The highest BCUT2D eigenvalue weighted by molar-refractivity contribution is 5.87. The Morgan fingerprint density at radius 1 is 0.815 bits per heavy atom. The van der Waals surface area contributed by atoms with E-state index in [1.165, 1.54) is 0 Å². The van der Waals surface area contributed by atoms with E-state index >= 15 is 0 Å². The van der Waals surface area contributed by atoms with Crippen molar-refractivity contribution in [1.29, 1.82) is 0 Å². The van der Waals surface area contributed by atoms with Gasteiger partial charge in [0.1, 0.15) is 11.2 Å². The predicted octanol–water partition coefficient (Wildman–Crippen LogP) is 3.86. The highest BCUT2D eigenvalue weighted by Gasteiger charge is 2.15. The summed E-state index contributed by atoms with van der Waals surface area (Å²) in [6, 6.07) is 22.5. The maximum Gasteiger partial charge on any atom is 0.267 e. The van der Waals surface area contributed by atoms with Crippen molar-refractivity contribution in [3.8, 4) is 17.1 Å². The van der Waals surface area contributed by atoms with Crippen molar-refractivity contribution in [2.75, 3.05) is 0 Å². The van der Waals surface area contributed by atoms with Crippen molar-refractivity contribution < 1.29 is 4.80 Å². The van der Waals surface area contributed by atoms with E-state index in [0.717, 1.165) is 50.0 Å². The quantitative estimate of drug-likeness (QED) is 0.414. The van der Waals surface area contributed by atoms with Gasteiger partial charge in [0.15, 0.2) is 5.52 Å². The van der Waals surface area contributed by atoms with Crippen molar-refractivity contribution in [3.63, 3.8) is 0 Å². The van der Waals surface area contributed by atoms with Crippen molar-refractivity contribution in [3.05, 3.63) is 72.9 Å². The molecule has 2 aromatic carbocycles. The summed E-state index contributed by atoms with van der Waals surface area (Å²) >= 11 is 0. The van der Waals surface area contributed by atoms with E-state index in [1.54, 1.807) is 4.80 Å². The van der Waals surface area contributed by atoms with E-state index < -0.39 is 0 Å². The van der Waals surface area contributed by atoms with Crippen LogP contribution in [0.3, 0.4) is 0 Å². The molecule has 0 unspecified atom stereocenters. The van der Waals surface area contributed by atoms with Crippen LogP contribution in [0.15, 0.2) is 72.9 Å². The van der Waals surface area contributed by atoms with Crippen LogP contribution in [0.5, 0.6) is 0 Å². The van der Waals surface area contributed by atoms with Gasteiger partial charge in [-0.1, -0.05) is 12.1 Å². The Hall–Kier alpha value is -3.93. The fraction of sp³-hybridized carbons (Fsp3) is 0. The van der Waals surface area contributed by atoms with Gasteiger partial charge in [-0.3, -0.25) is 0 Å². The first-order chi connectivity index (χ1) is 13.3. The Kier molecular flexibility index (Phi) is 2.79. The Bertz CT molecular complexity index is 1400. The van der Waals surface area contributed by atoms with Gasteiger partial charge in [-0.15, -0.1) is 5.10 Å². The summed E-state index contributed by atoms with van der Waals surface area (Å²) in [5.41, 5.74) is 6.77. The number of nitrogens with one attached hydrogen (secondary N) is 3. The average Bonchev–Trinajstić information content (AvgIpc) is 3.42. The lowest BCUT2D eigenvalue weighted by molar-refractivity contribution is -0.710. The predicted molar refractivity (Wildman–Crippen MR) is 105 cm³/mol. The second-order valence-corrected chi connectivity index (χ2v) is 6.61. The average molecular weight is 351 g/mol. The SMILES string of the molecule is c1ccc2[nH][n+](-c3ccc4cc(-c5ccc6cc[nH]c6n5)[nH]c4c3)nc2c1. The van der Waals surface area contributed by atoms with Crippen LogP contribution >= 0.6 is 0 Å². The number of rotatable bonds is 2. The molecule has 128 valence electrons. The van der Waals surface area contributed by atoms with Crippen LogP contribution in [0.2, 0.25) is 0 Å². The number of para-hydroxylation sites is 1. The summed E-state index contributed by atoms with van der Waals surface area (Å²) in [5.74, 6) is 0. The molecule has 0 amide bonds. The molecule has 4 heterocycles. The molecule has 6 nitrogen and oxygen atoms in total. The normalized spacial score (nSPS) is 11.7. The zero-order valence-corrected chi connectivity index (χ0v) is 14.3. The van der Waals surface area contributed by atoms with E-state index in [4.69, 9.17) is 4.98 Å². The number of fused-ring (bicyclic) bond motifs is 3. The van der Waals surface area contributed by atoms with Gasteiger partial charge < -0.3 is 9.97 Å². The first-order valence-electron chi connectivity index (χ1n) is 8.78. The fourth-order valence-corrected chi connectivity index (χ4v) is 3.49. The number of nitrogens with zero attached hydrogens (tertiary/aromatic N) is 3. The van der Waals surface area contributed by atoms with Crippen LogP contribution < -0.4 is 4.80 Å². The van der Waals surface area contributed by atoms with E-state index in [2.05, 4.69) is 50.5 Å². The largest absolute Gasteiger partial charge is 0.353 e. The third kappa shape index (κ3) is 2.23. The Balaban J connectivity index is 1.46. The molecule has 0 radical (unpaired) electrons. The van der Waals surface area contributed by atoms with Gasteiger partial charge in [0.25, 0.3) is 5.69 Å². The van der Waals surface area contributed by atoms with Gasteiger partial charge in [0, 0.05) is 39.0 Å². The number of hydrogen-bond donors (Lipinski definition) is 3. The molecule has 0 aliphatic heterocycles. The van der Waals surface area contributed by atoms with E-state index in [1.807, 2.05) is 42.6 Å². The van der Waals surface area contributed by atoms with E-state index in [9.17, 15) is 0 Å². The topological polar surface area (TPSA) is 77.0 Å². The van der Waals surface area contributed by atoms with Crippen molar-refractivity contribution in [2.45, 2.75) is 0 Å².